The molecule has 1 unspecified atom stereocenters. The topological polar surface area (TPSA) is 84.5 Å². The predicted molar refractivity (Wildman–Crippen MR) is 114 cm³/mol. The summed E-state index contributed by atoms with van der Waals surface area (Å²) < 4.78 is 33.3. The van der Waals surface area contributed by atoms with Crippen LogP contribution in [0.25, 0.3) is 0 Å². The van der Waals surface area contributed by atoms with Gasteiger partial charge in [0.1, 0.15) is 5.75 Å². The lowest BCUT2D eigenvalue weighted by atomic mass is 10.2. The summed E-state index contributed by atoms with van der Waals surface area (Å²) >= 11 is 5.84. The molecule has 1 amide bonds. The molecule has 0 saturated carbocycles. The highest BCUT2D eigenvalue weighted by Crippen LogP contribution is 2.25. The smallest absolute Gasteiger partial charge is 0.265 e. The zero-order valence-corrected chi connectivity index (χ0v) is 17.1. The minimum Gasteiger partial charge on any atom is -0.481 e. The molecule has 150 valence electrons. The quantitative estimate of drug-likeness (QED) is 0.576. The van der Waals surface area contributed by atoms with Crippen molar-refractivity contribution in [2.45, 2.75) is 17.9 Å². The van der Waals surface area contributed by atoms with Gasteiger partial charge in [-0.2, -0.15) is 0 Å². The first-order valence-corrected chi connectivity index (χ1v) is 10.6. The molecule has 0 aliphatic rings. The summed E-state index contributed by atoms with van der Waals surface area (Å²) in [4.78, 5) is 12.7. The molecule has 0 saturated heterocycles. The number of halogens is 1. The number of amides is 1. The van der Waals surface area contributed by atoms with Gasteiger partial charge >= 0.3 is 0 Å². The van der Waals surface area contributed by atoms with E-state index in [2.05, 4.69) is 10.0 Å². The molecular weight excluding hydrogens is 412 g/mol. The van der Waals surface area contributed by atoms with Gasteiger partial charge in [-0.3, -0.25) is 9.52 Å². The Morgan fingerprint density at radius 1 is 0.897 bits per heavy atom. The first-order chi connectivity index (χ1) is 13.8. The minimum absolute atomic E-state index is 0.126. The van der Waals surface area contributed by atoms with Crippen LogP contribution in [0.3, 0.4) is 0 Å². The lowest BCUT2D eigenvalue weighted by Gasteiger charge is -2.17. The van der Waals surface area contributed by atoms with E-state index in [4.69, 9.17) is 16.3 Å². The summed E-state index contributed by atoms with van der Waals surface area (Å²) in [5, 5.41) is 3.26. The van der Waals surface area contributed by atoms with E-state index in [1.807, 2.05) is 0 Å². The maximum atomic E-state index is 12.6. The van der Waals surface area contributed by atoms with Crippen LogP contribution in [0.2, 0.25) is 5.02 Å². The molecule has 3 aromatic carbocycles. The van der Waals surface area contributed by atoms with E-state index in [9.17, 15) is 13.2 Å². The third-order valence-corrected chi connectivity index (χ3v) is 5.61. The van der Waals surface area contributed by atoms with Crippen molar-refractivity contribution in [1.29, 1.82) is 0 Å². The maximum Gasteiger partial charge on any atom is 0.265 e. The summed E-state index contributed by atoms with van der Waals surface area (Å²) in [5.74, 6) is 0.0708. The highest BCUT2D eigenvalue weighted by Gasteiger charge is 2.19. The van der Waals surface area contributed by atoms with E-state index < -0.39 is 22.0 Å². The van der Waals surface area contributed by atoms with Crippen molar-refractivity contribution >= 4 is 38.9 Å². The number of benzene rings is 3. The zero-order chi connectivity index (χ0) is 20.9. The maximum absolute atomic E-state index is 12.6. The molecule has 0 bridgehead atoms. The van der Waals surface area contributed by atoms with Gasteiger partial charge in [-0.1, -0.05) is 41.9 Å². The second kappa shape index (κ2) is 8.98. The average molecular weight is 431 g/mol. The van der Waals surface area contributed by atoms with Gasteiger partial charge in [-0.15, -0.1) is 0 Å². The van der Waals surface area contributed by atoms with Crippen LogP contribution in [0.15, 0.2) is 83.8 Å². The Labute approximate surface area is 174 Å². The van der Waals surface area contributed by atoms with Gasteiger partial charge < -0.3 is 10.1 Å². The highest BCUT2D eigenvalue weighted by atomic mass is 35.5. The summed E-state index contributed by atoms with van der Waals surface area (Å²) in [6, 6.07) is 21.2. The van der Waals surface area contributed by atoms with Crippen LogP contribution in [-0.2, 0) is 14.8 Å². The van der Waals surface area contributed by atoms with Crippen molar-refractivity contribution in [1.82, 2.24) is 0 Å². The molecule has 0 aliphatic heterocycles. The number of hydrogen-bond acceptors (Lipinski definition) is 4. The third kappa shape index (κ3) is 5.49. The molecule has 0 fully saturated rings. The molecule has 0 aliphatic carbocycles. The van der Waals surface area contributed by atoms with Gasteiger partial charge in [0.2, 0.25) is 0 Å². The number of carbonyl (C=O) groups excluding carboxylic acids is 1. The van der Waals surface area contributed by atoms with Gasteiger partial charge in [0.05, 0.1) is 16.3 Å². The standard InChI is InChI=1S/C21H19ClN2O4S/c1-15(28-17-13-11-16(22)12-14-17)21(25)23-19-9-5-6-10-20(19)24-29(26,27)18-7-3-2-4-8-18/h2-15,24H,1H3,(H,23,25). The van der Waals surface area contributed by atoms with Gasteiger partial charge in [-0.25, -0.2) is 8.42 Å². The number of anilines is 2. The molecule has 0 radical (unpaired) electrons. The van der Waals surface area contributed by atoms with Crippen LogP contribution in [0.1, 0.15) is 6.92 Å². The average Bonchev–Trinajstić information content (AvgIpc) is 2.71. The lowest BCUT2D eigenvalue weighted by Crippen LogP contribution is -2.30. The molecule has 3 rings (SSSR count). The van der Waals surface area contributed by atoms with E-state index >= 15 is 0 Å². The number of carbonyl (C=O) groups is 1. The number of ether oxygens (including phenoxy) is 1. The Bertz CT molecular complexity index is 1090. The molecule has 2 N–H and O–H groups in total. The molecule has 8 heteroatoms. The Kier molecular flexibility index (Phi) is 6.41. The normalized spacial score (nSPS) is 12.1. The monoisotopic (exact) mass is 430 g/mol. The summed E-state index contributed by atoms with van der Waals surface area (Å²) in [5.41, 5.74) is 0.576. The Balaban J connectivity index is 1.73. The van der Waals surface area contributed by atoms with E-state index in [-0.39, 0.29) is 10.6 Å². The Morgan fingerprint density at radius 3 is 2.14 bits per heavy atom. The van der Waals surface area contributed by atoms with Crippen LogP contribution in [0.5, 0.6) is 5.75 Å². The summed E-state index contributed by atoms with van der Waals surface area (Å²) in [7, 11) is -3.79. The fourth-order valence-corrected chi connectivity index (χ4v) is 3.72. The third-order valence-electron chi connectivity index (χ3n) is 3.98. The highest BCUT2D eigenvalue weighted by molar-refractivity contribution is 7.92. The van der Waals surface area contributed by atoms with Gasteiger partial charge in [-0.05, 0) is 55.5 Å². The van der Waals surface area contributed by atoms with Gasteiger partial charge in [0.25, 0.3) is 15.9 Å². The van der Waals surface area contributed by atoms with Crippen LogP contribution in [0.4, 0.5) is 11.4 Å². The van der Waals surface area contributed by atoms with Crippen LogP contribution >= 0.6 is 11.6 Å². The number of hydrogen-bond donors (Lipinski definition) is 2. The molecule has 0 heterocycles. The largest absolute Gasteiger partial charge is 0.481 e. The first kappa shape index (κ1) is 20.7. The molecule has 6 nitrogen and oxygen atoms in total. The van der Waals surface area contributed by atoms with Crippen molar-refractivity contribution in [3.63, 3.8) is 0 Å². The molecule has 3 aromatic rings. The number of para-hydroxylation sites is 2. The van der Waals surface area contributed by atoms with Crippen LogP contribution in [0, 0.1) is 0 Å². The lowest BCUT2D eigenvalue weighted by molar-refractivity contribution is -0.122. The van der Waals surface area contributed by atoms with Crippen molar-refractivity contribution < 1.29 is 17.9 Å². The molecule has 0 spiro atoms. The second-order valence-corrected chi connectivity index (χ2v) is 8.29. The minimum atomic E-state index is -3.79. The van der Waals surface area contributed by atoms with Crippen LogP contribution < -0.4 is 14.8 Å². The van der Waals surface area contributed by atoms with E-state index in [0.717, 1.165) is 0 Å². The van der Waals surface area contributed by atoms with Crippen molar-refractivity contribution in [3.8, 4) is 5.75 Å². The number of nitrogens with one attached hydrogen (secondary N) is 2. The van der Waals surface area contributed by atoms with Gasteiger partial charge in [0.15, 0.2) is 6.10 Å². The first-order valence-electron chi connectivity index (χ1n) is 8.75. The van der Waals surface area contributed by atoms with Crippen molar-refractivity contribution in [2.75, 3.05) is 10.0 Å². The molecule has 0 aromatic heterocycles. The molecular formula is C21H19ClN2O4S. The molecule has 29 heavy (non-hydrogen) atoms. The molecule has 1 atom stereocenters. The van der Waals surface area contributed by atoms with Crippen molar-refractivity contribution in [3.05, 3.63) is 83.9 Å². The van der Waals surface area contributed by atoms with Crippen molar-refractivity contribution in [2.24, 2.45) is 0 Å². The number of rotatable bonds is 7. The second-order valence-electron chi connectivity index (χ2n) is 6.17. The SMILES string of the molecule is CC(Oc1ccc(Cl)cc1)C(=O)Nc1ccccc1NS(=O)(=O)c1ccccc1. The summed E-state index contributed by atoms with van der Waals surface area (Å²) in [6.07, 6.45) is -0.810. The Hall–Kier alpha value is -3.03. The number of sulfonamides is 1. The predicted octanol–water partition coefficient (Wildman–Crippen LogP) is 4.55. The van der Waals surface area contributed by atoms with Gasteiger partial charge in [0, 0.05) is 5.02 Å². The van der Waals surface area contributed by atoms with E-state index in [1.165, 1.54) is 12.1 Å². The van der Waals surface area contributed by atoms with E-state index in [0.29, 0.717) is 16.5 Å². The zero-order valence-electron chi connectivity index (χ0n) is 15.5. The van der Waals surface area contributed by atoms with E-state index in [1.54, 1.807) is 73.7 Å². The summed E-state index contributed by atoms with van der Waals surface area (Å²) in [6.45, 7) is 1.60. The fraction of sp³-hybridized carbons (Fsp3) is 0.0952. The Morgan fingerprint density at radius 2 is 1.48 bits per heavy atom. The fourth-order valence-electron chi connectivity index (χ4n) is 2.49. The van der Waals surface area contributed by atoms with Crippen LogP contribution in [-0.4, -0.2) is 20.4 Å².